The number of fused-ring (bicyclic) bond motifs is 3. The van der Waals surface area contributed by atoms with Crippen LogP contribution in [0.1, 0.15) is 84.8 Å². The third kappa shape index (κ3) is 8.14. The minimum Gasteiger partial charge on any atom is -0.461 e. The number of hydrogen-bond acceptors (Lipinski definition) is 10. The molecule has 0 unspecified atom stereocenters. The van der Waals surface area contributed by atoms with Gasteiger partial charge in [0.15, 0.2) is 14.1 Å². The minimum atomic E-state index is -5.16. The molecule has 1 amide bonds. The first-order chi connectivity index (χ1) is 27.8. The van der Waals surface area contributed by atoms with E-state index in [0.717, 1.165) is 24.6 Å². The van der Waals surface area contributed by atoms with Gasteiger partial charge in [0.1, 0.15) is 46.6 Å². The molecule has 1 saturated carbocycles. The predicted molar refractivity (Wildman–Crippen MR) is 222 cm³/mol. The number of thiophene rings is 1. The summed E-state index contributed by atoms with van der Waals surface area (Å²) in [4.78, 5) is 25.5. The molecule has 1 aliphatic carbocycles. The van der Waals surface area contributed by atoms with Crippen LogP contribution >= 0.6 is 11.3 Å². The minimum absolute atomic E-state index is 0.00126. The van der Waals surface area contributed by atoms with Gasteiger partial charge in [0, 0.05) is 48.5 Å². The molecule has 2 aromatic heterocycles. The topological polar surface area (TPSA) is 113 Å². The Kier molecular flexibility index (Phi) is 11.2. The van der Waals surface area contributed by atoms with Gasteiger partial charge >= 0.3 is 18.3 Å². The van der Waals surface area contributed by atoms with E-state index < -0.39 is 71.7 Å². The normalized spacial score (nSPS) is 22.5. The maximum Gasteiger partial charge on any atom is 0.417 e. The lowest BCUT2D eigenvalue weighted by molar-refractivity contribution is -0.137. The molecular formula is C42H50F6N6O4SSi. The van der Waals surface area contributed by atoms with Crippen molar-refractivity contribution in [2.24, 2.45) is 0 Å². The molecule has 2 atom stereocenters. The van der Waals surface area contributed by atoms with Crippen molar-refractivity contribution >= 4 is 57.6 Å². The second kappa shape index (κ2) is 15.3. The van der Waals surface area contributed by atoms with E-state index in [2.05, 4.69) is 49.1 Å². The first kappa shape index (κ1) is 43.9. The van der Waals surface area contributed by atoms with E-state index in [1.807, 2.05) is 11.0 Å². The fraction of sp³-hybridized carbons (Fsp3) is 0.571. The Morgan fingerprint density at radius 3 is 2.47 bits per heavy atom. The summed E-state index contributed by atoms with van der Waals surface area (Å²) in [6, 6.07) is 3.98. The fourth-order valence-electron chi connectivity index (χ4n) is 8.35. The van der Waals surface area contributed by atoms with Gasteiger partial charge in [-0.1, -0.05) is 26.8 Å². The Labute approximate surface area is 350 Å². The number of rotatable bonds is 9. The summed E-state index contributed by atoms with van der Waals surface area (Å²) in [6.07, 6.45) is -4.47. The molecule has 1 N–H and O–H groups in total. The molecule has 324 valence electrons. The van der Waals surface area contributed by atoms with Crippen LogP contribution in [0.25, 0.3) is 32.1 Å². The Morgan fingerprint density at radius 1 is 1.13 bits per heavy atom. The number of aromatic nitrogens is 2. The number of amides is 1. The third-order valence-electron chi connectivity index (χ3n) is 12.4. The molecule has 10 nitrogen and oxygen atoms in total. The molecule has 60 heavy (non-hydrogen) atoms. The van der Waals surface area contributed by atoms with Crippen molar-refractivity contribution in [1.82, 2.24) is 14.9 Å². The number of nitrogens with zero attached hydrogens (tertiary/aromatic N) is 5. The van der Waals surface area contributed by atoms with Crippen molar-refractivity contribution in [2.75, 3.05) is 37.0 Å². The summed E-state index contributed by atoms with van der Waals surface area (Å²) in [5, 5.41) is 11.9. The lowest BCUT2D eigenvalue weighted by Gasteiger charge is -2.47. The van der Waals surface area contributed by atoms with E-state index in [1.165, 1.54) is 0 Å². The molecule has 3 aliphatic rings. The zero-order valence-corrected chi connectivity index (χ0v) is 37.0. The summed E-state index contributed by atoms with van der Waals surface area (Å²) in [6.45, 7) is 16.4. The highest BCUT2D eigenvalue weighted by Crippen LogP contribution is 2.50. The number of nitrogens with one attached hydrogen (secondary N) is 1. The summed E-state index contributed by atoms with van der Waals surface area (Å²) in [5.74, 6) is -2.30. The van der Waals surface area contributed by atoms with Crippen molar-refractivity contribution in [3.63, 3.8) is 0 Å². The first-order valence-electron chi connectivity index (χ1n) is 20.0. The van der Waals surface area contributed by atoms with Gasteiger partial charge in [0.2, 0.25) is 0 Å². The zero-order chi connectivity index (χ0) is 43.9. The number of anilines is 2. The summed E-state index contributed by atoms with van der Waals surface area (Å²) >= 11 is 0.608. The number of nitriles is 1. The maximum atomic E-state index is 17.5. The summed E-state index contributed by atoms with van der Waals surface area (Å²) < 4.78 is 111. The second-order valence-electron chi connectivity index (χ2n) is 18.8. The smallest absolute Gasteiger partial charge is 0.417 e. The van der Waals surface area contributed by atoms with E-state index in [-0.39, 0.29) is 74.6 Å². The van der Waals surface area contributed by atoms with Gasteiger partial charge in [-0.15, -0.1) is 11.3 Å². The van der Waals surface area contributed by atoms with Gasteiger partial charge in [0.25, 0.3) is 0 Å². The highest BCUT2D eigenvalue weighted by molar-refractivity contribution is 7.23. The van der Waals surface area contributed by atoms with Crippen molar-refractivity contribution in [3.8, 4) is 23.2 Å². The van der Waals surface area contributed by atoms with Gasteiger partial charge < -0.3 is 18.8 Å². The zero-order valence-electron chi connectivity index (χ0n) is 35.2. The van der Waals surface area contributed by atoms with Crippen LogP contribution in [0.2, 0.25) is 18.1 Å². The maximum absolute atomic E-state index is 17.5. The Morgan fingerprint density at radius 2 is 1.83 bits per heavy atom. The molecule has 3 fully saturated rings. The molecule has 18 heteroatoms. The van der Waals surface area contributed by atoms with Crippen LogP contribution in [0.4, 0.5) is 42.0 Å². The molecule has 0 radical (unpaired) electrons. The summed E-state index contributed by atoms with van der Waals surface area (Å²) in [5.41, 5.74) is -5.27. The molecule has 4 heterocycles. The van der Waals surface area contributed by atoms with E-state index in [1.54, 1.807) is 32.7 Å². The number of alkyl halides is 4. The second-order valence-corrected chi connectivity index (χ2v) is 24.6. The SMILES string of the molecule is CN(c1nc(OC[C@@]23CCCN2C[C@H](F)C3)nc2c(F)c(-c3ccc(F)c4sc(NC(=O)OC(C)(C)C)c(C#N)c34)c(C(F)(F)F)cc12)C1CC(O[Si](C)(C)C(C)(C)C)C1. The molecular weight excluding hydrogens is 827 g/mol. The average Bonchev–Trinajstić information content (AvgIpc) is 3.77. The van der Waals surface area contributed by atoms with Crippen LogP contribution in [0.15, 0.2) is 18.2 Å². The quantitative estimate of drug-likeness (QED) is 0.130. The van der Waals surface area contributed by atoms with Gasteiger partial charge in [-0.05, 0) is 88.8 Å². The van der Waals surface area contributed by atoms with Crippen LogP contribution in [-0.4, -0.2) is 85.5 Å². The van der Waals surface area contributed by atoms with Crippen molar-refractivity contribution in [3.05, 3.63) is 41.0 Å². The van der Waals surface area contributed by atoms with Crippen LogP contribution in [0.3, 0.4) is 0 Å². The number of ether oxygens (including phenoxy) is 2. The number of hydrogen-bond donors (Lipinski definition) is 1. The van der Waals surface area contributed by atoms with E-state index in [9.17, 15) is 14.4 Å². The van der Waals surface area contributed by atoms with E-state index in [0.29, 0.717) is 37.1 Å². The standard InChI is InChI=1S/C42H50F6N6O4SSi/c1-39(2,3)57-38(55)52-36-27(19-49)30-25(11-12-29(44)34(30)59-36)31-28(42(46,47)48)17-26-33(32(31)45)50-37(56-21-41-13-10-14-54(41)20-22(43)18-41)51-35(26)53(7)23-15-24(16-23)58-60(8,9)40(4,5)6/h11-12,17,22-24H,10,13-16,18,20-21H2,1-9H3,(H,52,55)/t22-,23?,24?,41+/m1/s1. The first-order valence-corrected chi connectivity index (χ1v) is 23.7. The molecule has 2 saturated heterocycles. The fourth-order valence-corrected chi connectivity index (χ4v) is 10.8. The Bertz CT molecular complexity index is 2390. The number of carbonyl (C=O) groups is 1. The van der Waals surface area contributed by atoms with Crippen molar-refractivity contribution in [2.45, 2.75) is 127 Å². The highest BCUT2D eigenvalue weighted by atomic mass is 32.1. The highest BCUT2D eigenvalue weighted by Gasteiger charge is 2.50. The molecule has 4 aromatic rings. The van der Waals surface area contributed by atoms with Crippen LogP contribution in [0, 0.1) is 23.0 Å². The molecule has 7 rings (SSSR count). The number of benzene rings is 2. The van der Waals surface area contributed by atoms with E-state index in [4.69, 9.17) is 13.9 Å². The van der Waals surface area contributed by atoms with Crippen molar-refractivity contribution in [1.29, 1.82) is 5.26 Å². The molecule has 0 spiro atoms. The monoisotopic (exact) mass is 876 g/mol. The molecule has 0 bridgehead atoms. The summed E-state index contributed by atoms with van der Waals surface area (Å²) in [7, 11) is -0.461. The van der Waals surface area contributed by atoms with Crippen LogP contribution in [-0.2, 0) is 15.3 Å². The largest absolute Gasteiger partial charge is 0.461 e. The molecule has 2 aromatic carbocycles. The Balaban J connectivity index is 1.38. The van der Waals surface area contributed by atoms with E-state index >= 15 is 22.0 Å². The Hall–Kier alpha value is -4.18. The van der Waals surface area contributed by atoms with Gasteiger partial charge in [-0.2, -0.15) is 28.4 Å². The predicted octanol–water partition coefficient (Wildman–Crippen LogP) is 11.0. The van der Waals surface area contributed by atoms with Crippen molar-refractivity contribution < 1.29 is 45.0 Å². The molecule has 2 aliphatic heterocycles. The number of carbonyl (C=O) groups excluding carboxylic acids is 1. The van der Waals surface area contributed by atoms with Crippen LogP contribution in [0.5, 0.6) is 6.01 Å². The van der Waals surface area contributed by atoms with Crippen LogP contribution < -0.4 is 15.0 Å². The number of halogens is 6. The van der Waals surface area contributed by atoms with Gasteiger partial charge in [-0.3, -0.25) is 10.2 Å². The lowest BCUT2D eigenvalue weighted by atomic mass is 9.88. The van der Waals surface area contributed by atoms with Gasteiger partial charge in [0.05, 0.1) is 21.4 Å². The third-order valence-corrected chi connectivity index (χ3v) is 18.1. The lowest BCUT2D eigenvalue weighted by Crippen LogP contribution is -2.53. The average molecular weight is 877 g/mol. The van der Waals surface area contributed by atoms with Gasteiger partial charge in [-0.25, -0.2) is 18.0 Å².